The zero-order valence-electron chi connectivity index (χ0n) is 13.1. The molecule has 110 valence electrons. The third-order valence-electron chi connectivity index (χ3n) is 5.83. The number of aryl methyl sites for hydroxylation is 1. The molecule has 2 aliphatic carbocycles. The van der Waals surface area contributed by atoms with Crippen LogP contribution in [0.3, 0.4) is 0 Å². The van der Waals surface area contributed by atoms with Crippen LogP contribution in [0.15, 0.2) is 24.4 Å². The van der Waals surface area contributed by atoms with Crippen LogP contribution in [0.5, 0.6) is 0 Å². The Labute approximate surface area is 124 Å². The Bertz CT molecular complexity index is 398. The molecule has 1 aromatic heterocycles. The first-order valence-electron chi connectivity index (χ1n) is 8.86. The van der Waals surface area contributed by atoms with Crippen molar-refractivity contribution in [3.05, 3.63) is 30.1 Å². The van der Waals surface area contributed by atoms with E-state index >= 15 is 0 Å². The quantitative estimate of drug-likeness (QED) is 0.693. The summed E-state index contributed by atoms with van der Waals surface area (Å²) >= 11 is 0. The van der Waals surface area contributed by atoms with Crippen LogP contribution < -0.4 is 4.57 Å². The van der Waals surface area contributed by atoms with Crippen molar-refractivity contribution in [1.29, 1.82) is 0 Å². The van der Waals surface area contributed by atoms with E-state index in [0.29, 0.717) is 0 Å². The van der Waals surface area contributed by atoms with Gasteiger partial charge < -0.3 is 0 Å². The monoisotopic (exact) mass is 272 g/mol. The highest BCUT2D eigenvalue weighted by Gasteiger charge is 2.34. The lowest BCUT2D eigenvalue weighted by atomic mass is 9.76. The van der Waals surface area contributed by atoms with Gasteiger partial charge in [0.2, 0.25) is 0 Å². The van der Waals surface area contributed by atoms with E-state index in [-0.39, 0.29) is 0 Å². The molecule has 0 aromatic carbocycles. The van der Waals surface area contributed by atoms with E-state index in [0.717, 1.165) is 24.3 Å². The lowest BCUT2D eigenvalue weighted by molar-refractivity contribution is -0.701. The van der Waals surface area contributed by atoms with Gasteiger partial charge in [-0.05, 0) is 24.7 Å². The van der Waals surface area contributed by atoms with E-state index < -0.39 is 0 Å². The first-order chi connectivity index (χ1) is 9.88. The smallest absolute Gasteiger partial charge is 0.181 e. The van der Waals surface area contributed by atoms with Gasteiger partial charge >= 0.3 is 0 Å². The van der Waals surface area contributed by atoms with Gasteiger partial charge in [-0.1, -0.05) is 57.4 Å². The molecule has 1 heterocycles. The van der Waals surface area contributed by atoms with Crippen LogP contribution in [0.2, 0.25) is 0 Å². The lowest BCUT2D eigenvalue weighted by Crippen LogP contribution is -2.39. The van der Waals surface area contributed by atoms with Crippen LogP contribution in [-0.2, 0) is 13.0 Å². The first kappa shape index (κ1) is 14.1. The molecule has 1 heteroatoms. The molecular formula is C19H30N+. The van der Waals surface area contributed by atoms with Gasteiger partial charge in [0.25, 0.3) is 0 Å². The fourth-order valence-corrected chi connectivity index (χ4v) is 4.74. The molecule has 0 atom stereocenters. The summed E-state index contributed by atoms with van der Waals surface area (Å²) in [5, 5.41) is 0. The number of pyridine rings is 1. The predicted octanol–water partition coefficient (Wildman–Crippen LogP) is 4.53. The van der Waals surface area contributed by atoms with Gasteiger partial charge in [0.05, 0.1) is 0 Å². The van der Waals surface area contributed by atoms with Gasteiger partial charge in [-0.15, -0.1) is 0 Å². The fourth-order valence-electron chi connectivity index (χ4n) is 4.74. The minimum Gasteiger partial charge on any atom is -0.203 e. The van der Waals surface area contributed by atoms with Crippen molar-refractivity contribution in [2.75, 3.05) is 0 Å². The third kappa shape index (κ3) is 3.07. The highest BCUT2D eigenvalue weighted by molar-refractivity contribution is 5.00. The average molecular weight is 272 g/mol. The topological polar surface area (TPSA) is 3.88 Å². The molecule has 2 aliphatic rings. The molecule has 0 radical (unpaired) electrons. The Kier molecular flexibility index (Phi) is 4.75. The molecule has 0 N–H and O–H groups in total. The Hall–Kier alpha value is -0.850. The maximum atomic E-state index is 2.46. The molecule has 0 bridgehead atoms. The number of hydrogen-bond donors (Lipinski definition) is 0. The molecule has 3 rings (SSSR count). The largest absolute Gasteiger partial charge is 0.203 e. The highest BCUT2D eigenvalue weighted by Crippen LogP contribution is 2.42. The van der Waals surface area contributed by atoms with E-state index in [2.05, 4.69) is 35.9 Å². The van der Waals surface area contributed by atoms with Crippen LogP contribution >= 0.6 is 0 Å². The maximum Gasteiger partial charge on any atom is 0.181 e. The Balaban J connectivity index is 1.77. The van der Waals surface area contributed by atoms with E-state index in [1.807, 2.05) is 0 Å². The summed E-state index contributed by atoms with van der Waals surface area (Å²) in [6.45, 7) is 3.38. The Morgan fingerprint density at radius 3 is 2.15 bits per heavy atom. The molecule has 2 saturated carbocycles. The van der Waals surface area contributed by atoms with Gasteiger partial charge in [-0.3, -0.25) is 0 Å². The first-order valence-corrected chi connectivity index (χ1v) is 8.86. The van der Waals surface area contributed by atoms with Crippen molar-refractivity contribution in [2.24, 2.45) is 17.8 Å². The number of aromatic nitrogens is 1. The maximum absolute atomic E-state index is 2.46. The number of nitrogens with zero attached hydrogens (tertiary/aromatic N) is 1. The minimum atomic E-state index is 0.959. The summed E-state index contributed by atoms with van der Waals surface area (Å²) in [5.74, 6) is 2.99. The normalized spacial score (nSPS) is 21.1. The van der Waals surface area contributed by atoms with Gasteiger partial charge in [-0.25, -0.2) is 4.57 Å². The van der Waals surface area contributed by atoms with E-state index in [1.54, 1.807) is 5.69 Å². The summed E-state index contributed by atoms with van der Waals surface area (Å²) in [6, 6.07) is 6.76. The molecular weight excluding hydrogens is 242 g/mol. The average Bonchev–Trinajstić information content (AvgIpc) is 3.18. The zero-order valence-corrected chi connectivity index (χ0v) is 13.1. The van der Waals surface area contributed by atoms with Crippen molar-refractivity contribution in [3.63, 3.8) is 0 Å². The van der Waals surface area contributed by atoms with Gasteiger partial charge in [0, 0.05) is 18.6 Å². The summed E-state index contributed by atoms with van der Waals surface area (Å²) in [6.07, 6.45) is 15.5. The zero-order chi connectivity index (χ0) is 13.8. The van der Waals surface area contributed by atoms with E-state index in [1.165, 1.54) is 57.8 Å². The van der Waals surface area contributed by atoms with Crippen molar-refractivity contribution >= 4 is 0 Å². The van der Waals surface area contributed by atoms with Gasteiger partial charge in [-0.2, -0.15) is 0 Å². The second kappa shape index (κ2) is 6.74. The van der Waals surface area contributed by atoms with Crippen molar-refractivity contribution in [3.8, 4) is 0 Å². The standard InChI is InChI=1S/C19H30N/c1-2-20-14-8-7-13-18(20)15-19(16-9-3-4-10-16)17-11-5-6-12-17/h7-8,13-14,16-17,19H,2-6,9-12,15H2,1H3/q+1. The van der Waals surface area contributed by atoms with E-state index in [4.69, 9.17) is 0 Å². The third-order valence-corrected chi connectivity index (χ3v) is 5.83. The summed E-state index contributed by atoms with van der Waals surface area (Å²) < 4.78 is 2.46. The van der Waals surface area contributed by atoms with Crippen LogP contribution in [0, 0.1) is 17.8 Å². The molecule has 0 spiro atoms. The Morgan fingerprint density at radius 1 is 1.00 bits per heavy atom. The van der Waals surface area contributed by atoms with Gasteiger partial charge in [0.1, 0.15) is 6.54 Å². The highest BCUT2D eigenvalue weighted by atomic mass is 14.9. The molecule has 1 nitrogen and oxygen atoms in total. The summed E-state index contributed by atoms with van der Waals surface area (Å²) in [5.41, 5.74) is 1.57. The lowest BCUT2D eigenvalue weighted by Gasteiger charge is -2.28. The molecule has 0 amide bonds. The molecule has 1 aromatic rings. The molecule has 0 aliphatic heterocycles. The van der Waals surface area contributed by atoms with Crippen LogP contribution in [0.4, 0.5) is 0 Å². The number of hydrogen-bond acceptors (Lipinski definition) is 0. The second-order valence-corrected chi connectivity index (χ2v) is 6.94. The van der Waals surface area contributed by atoms with Crippen LogP contribution in [0.1, 0.15) is 64.0 Å². The molecule has 20 heavy (non-hydrogen) atoms. The SMILES string of the molecule is CC[n+]1ccccc1CC(C1CCCC1)C1CCCC1. The summed E-state index contributed by atoms with van der Waals surface area (Å²) in [7, 11) is 0. The van der Waals surface area contributed by atoms with Crippen molar-refractivity contribution in [2.45, 2.75) is 71.3 Å². The predicted molar refractivity (Wildman–Crippen MR) is 83.4 cm³/mol. The minimum absolute atomic E-state index is 0.959. The molecule has 2 fully saturated rings. The fraction of sp³-hybridized carbons (Fsp3) is 0.737. The molecule has 0 saturated heterocycles. The number of rotatable bonds is 5. The summed E-state index contributed by atoms with van der Waals surface area (Å²) in [4.78, 5) is 0. The van der Waals surface area contributed by atoms with Crippen molar-refractivity contribution < 1.29 is 4.57 Å². The van der Waals surface area contributed by atoms with Gasteiger partial charge in [0.15, 0.2) is 11.9 Å². The molecule has 0 unspecified atom stereocenters. The van der Waals surface area contributed by atoms with E-state index in [9.17, 15) is 0 Å². The Morgan fingerprint density at radius 2 is 1.60 bits per heavy atom. The van der Waals surface area contributed by atoms with Crippen LogP contribution in [-0.4, -0.2) is 0 Å². The van der Waals surface area contributed by atoms with Crippen molar-refractivity contribution in [1.82, 2.24) is 0 Å². The van der Waals surface area contributed by atoms with Crippen LogP contribution in [0.25, 0.3) is 0 Å². The second-order valence-electron chi connectivity index (χ2n) is 6.94.